The minimum absolute atomic E-state index is 0.257. The van der Waals surface area contributed by atoms with Crippen molar-refractivity contribution in [2.75, 3.05) is 13.7 Å². The van der Waals surface area contributed by atoms with E-state index < -0.39 is 12.0 Å². The number of allylic oxidation sites excluding steroid dienone is 2. The lowest BCUT2D eigenvalue weighted by atomic mass is 9.93. The van der Waals surface area contributed by atoms with E-state index in [1.54, 1.807) is 18.9 Å². The molecule has 0 aromatic heterocycles. The zero-order valence-electron chi connectivity index (χ0n) is 16.1. The highest BCUT2D eigenvalue weighted by molar-refractivity contribution is 8.17. The van der Waals surface area contributed by atoms with E-state index in [4.69, 9.17) is 15.2 Å². The van der Waals surface area contributed by atoms with Crippen molar-refractivity contribution in [1.29, 1.82) is 5.26 Å². The summed E-state index contributed by atoms with van der Waals surface area (Å²) in [5.74, 6) is 0.526. The number of amidine groups is 1. The zero-order chi connectivity index (χ0) is 20.3. The Morgan fingerprint density at radius 3 is 2.86 bits per heavy atom. The molecule has 1 aromatic rings. The first-order valence-corrected chi connectivity index (χ1v) is 9.87. The molecule has 2 aliphatic rings. The number of nitrogens with zero attached hydrogens (tertiary/aromatic N) is 3. The summed E-state index contributed by atoms with van der Waals surface area (Å²) in [6.07, 6.45) is 1.44. The molecule has 0 unspecified atom stereocenters. The smallest absolute Gasteiger partial charge is 0.338 e. The molecule has 146 valence electrons. The van der Waals surface area contributed by atoms with Gasteiger partial charge in [-0.3, -0.25) is 4.90 Å². The number of hydrogen-bond donors (Lipinski definition) is 1. The summed E-state index contributed by atoms with van der Waals surface area (Å²) >= 11 is 1.22. The number of fused-ring (bicyclic) bond motifs is 1. The van der Waals surface area contributed by atoms with Crippen molar-refractivity contribution in [1.82, 2.24) is 4.90 Å². The van der Waals surface area contributed by atoms with Crippen molar-refractivity contribution in [3.63, 3.8) is 0 Å². The van der Waals surface area contributed by atoms with Crippen molar-refractivity contribution < 1.29 is 14.3 Å². The van der Waals surface area contributed by atoms with E-state index in [2.05, 4.69) is 11.1 Å². The van der Waals surface area contributed by atoms with Gasteiger partial charge in [-0.2, -0.15) is 5.26 Å². The van der Waals surface area contributed by atoms with Crippen LogP contribution in [0, 0.1) is 11.3 Å². The van der Waals surface area contributed by atoms with Crippen LogP contribution in [0.3, 0.4) is 0 Å². The van der Waals surface area contributed by atoms with Crippen LogP contribution in [-0.2, 0) is 9.53 Å². The molecule has 8 heteroatoms. The second kappa shape index (κ2) is 8.40. The molecule has 2 heterocycles. The Bertz CT molecular complexity index is 930. The van der Waals surface area contributed by atoms with Gasteiger partial charge in [0, 0.05) is 0 Å². The van der Waals surface area contributed by atoms with Crippen LogP contribution in [0.25, 0.3) is 0 Å². The Morgan fingerprint density at radius 1 is 1.43 bits per heavy atom. The number of ether oxygens (including phenoxy) is 2. The van der Waals surface area contributed by atoms with Gasteiger partial charge in [0.1, 0.15) is 22.5 Å². The number of benzene rings is 1. The normalized spacial score (nSPS) is 18.6. The van der Waals surface area contributed by atoms with Crippen LogP contribution in [0.4, 0.5) is 0 Å². The third-order valence-electron chi connectivity index (χ3n) is 4.46. The molecule has 0 saturated carbocycles. The number of hydrogen-bond acceptors (Lipinski definition) is 8. The Kier molecular flexibility index (Phi) is 5.95. The van der Waals surface area contributed by atoms with Crippen LogP contribution in [0.5, 0.6) is 5.75 Å². The highest BCUT2D eigenvalue weighted by Crippen LogP contribution is 2.46. The number of methoxy groups -OCH3 is 1. The maximum atomic E-state index is 12.9. The lowest BCUT2D eigenvalue weighted by molar-refractivity contribution is -0.139. The van der Waals surface area contributed by atoms with E-state index in [1.807, 2.05) is 31.2 Å². The molecule has 0 amide bonds. The van der Waals surface area contributed by atoms with Gasteiger partial charge < -0.3 is 15.2 Å². The molecule has 0 saturated heterocycles. The number of carbonyl (C=O) groups is 1. The van der Waals surface area contributed by atoms with Crippen LogP contribution in [0.15, 0.2) is 51.3 Å². The molecular weight excluding hydrogens is 376 g/mol. The molecule has 3 rings (SSSR count). The predicted molar refractivity (Wildman–Crippen MR) is 108 cm³/mol. The van der Waals surface area contributed by atoms with Crippen molar-refractivity contribution >= 4 is 22.9 Å². The molecule has 0 spiro atoms. The summed E-state index contributed by atoms with van der Waals surface area (Å²) in [7, 11) is 1.59. The maximum absolute atomic E-state index is 12.9. The summed E-state index contributed by atoms with van der Waals surface area (Å²) < 4.78 is 10.7. The van der Waals surface area contributed by atoms with Gasteiger partial charge in [-0.05, 0) is 42.8 Å². The van der Waals surface area contributed by atoms with Crippen LogP contribution < -0.4 is 10.5 Å². The first-order valence-electron chi connectivity index (χ1n) is 9.05. The summed E-state index contributed by atoms with van der Waals surface area (Å²) in [5.41, 5.74) is 8.20. The number of nitrogens with two attached hydrogens (primary N) is 1. The number of esters is 1. The first kappa shape index (κ1) is 19.8. The Morgan fingerprint density at radius 2 is 2.21 bits per heavy atom. The van der Waals surface area contributed by atoms with Gasteiger partial charge in [0.2, 0.25) is 0 Å². The fraction of sp³-hybridized carbons (Fsp3) is 0.350. The lowest BCUT2D eigenvalue weighted by Crippen LogP contribution is -2.39. The second-order valence-electron chi connectivity index (χ2n) is 6.20. The minimum Gasteiger partial charge on any atom is -0.497 e. The van der Waals surface area contributed by atoms with E-state index >= 15 is 0 Å². The average molecular weight is 398 g/mol. The fourth-order valence-electron chi connectivity index (χ4n) is 3.27. The highest BCUT2D eigenvalue weighted by Gasteiger charge is 2.43. The van der Waals surface area contributed by atoms with Crippen molar-refractivity contribution in [3.05, 3.63) is 51.8 Å². The van der Waals surface area contributed by atoms with E-state index in [0.717, 1.165) is 12.0 Å². The highest BCUT2D eigenvalue weighted by atomic mass is 32.2. The van der Waals surface area contributed by atoms with Crippen molar-refractivity contribution in [2.24, 2.45) is 10.7 Å². The van der Waals surface area contributed by atoms with Crippen molar-refractivity contribution in [3.8, 4) is 11.8 Å². The molecule has 0 fully saturated rings. The topological polar surface area (TPSA) is 101 Å². The van der Waals surface area contributed by atoms with Gasteiger partial charge in [0.25, 0.3) is 0 Å². The average Bonchev–Trinajstić information content (AvgIpc) is 3.02. The fourth-order valence-corrected chi connectivity index (χ4v) is 4.16. The van der Waals surface area contributed by atoms with Gasteiger partial charge in [-0.1, -0.05) is 25.5 Å². The summed E-state index contributed by atoms with van der Waals surface area (Å²) in [6, 6.07) is 9.03. The van der Waals surface area contributed by atoms with E-state index in [1.165, 1.54) is 11.8 Å². The summed E-state index contributed by atoms with van der Waals surface area (Å²) in [4.78, 5) is 19.7. The maximum Gasteiger partial charge on any atom is 0.338 e. The SMILES string of the molecule is CCCC1=C(C(=O)OCC)[C@H](c2cccc(OC)c2)N2C(=N1)SC(C#N)=C2N. The lowest BCUT2D eigenvalue weighted by Gasteiger charge is -2.35. The predicted octanol–water partition coefficient (Wildman–Crippen LogP) is 3.42. The molecular formula is C20H22N4O3S. The standard InChI is InChI=1S/C20H22N4O3S/c1-4-7-14-16(19(25)27-5-2)17(12-8-6-9-13(10-12)26-3)24-18(22)15(11-21)28-20(24)23-14/h6,8-10,17H,4-5,7,22H2,1-3H3/t17-/m0/s1. The van der Waals surface area contributed by atoms with Gasteiger partial charge in [0.05, 0.1) is 31.0 Å². The Hall–Kier alpha value is -2.92. The quantitative estimate of drug-likeness (QED) is 0.733. The zero-order valence-corrected chi connectivity index (χ0v) is 16.9. The monoisotopic (exact) mass is 398 g/mol. The van der Waals surface area contributed by atoms with Crippen LogP contribution >= 0.6 is 11.8 Å². The largest absolute Gasteiger partial charge is 0.497 e. The van der Waals surface area contributed by atoms with Gasteiger partial charge in [0.15, 0.2) is 5.17 Å². The summed E-state index contributed by atoms with van der Waals surface area (Å²) in [6.45, 7) is 4.05. The molecule has 0 bridgehead atoms. The number of nitriles is 1. The number of carbonyl (C=O) groups excluding carboxylic acids is 1. The molecule has 0 aliphatic carbocycles. The third-order valence-corrected chi connectivity index (χ3v) is 5.43. The molecule has 2 aliphatic heterocycles. The second-order valence-corrected chi connectivity index (χ2v) is 7.18. The number of rotatable bonds is 6. The molecule has 7 nitrogen and oxygen atoms in total. The number of thioether (sulfide) groups is 1. The van der Waals surface area contributed by atoms with Gasteiger partial charge in [-0.15, -0.1) is 0 Å². The molecule has 0 radical (unpaired) electrons. The third kappa shape index (κ3) is 3.45. The van der Waals surface area contributed by atoms with E-state index in [9.17, 15) is 10.1 Å². The van der Waals surface area contributed by atoms with Crippen molar-refractivity contribution in [2.45, 2.75) is 32.7 Å². The van der Waals surface area contributed by atoms with Crippen LogP contribution in [-0.4, -0.2) is 29.8 Å². The van der Waals surface area contributed by atoms with Gasteiger partial charge >= 0.3 is 5.97 Å². The van der Waals surface area contributed by atoms with Gasteiger partial charge in [-0.25, -0.2) is 9.79 Å². The van der Waals surface area contributed by atoms with E-state index in [-0.39, 0.29) is 12.4 Å². The number of aliphatic imine (C=N–C) groups is 1. The molecule has 2 N–H and O–H groups in total. The Labute approximate surface area is 168 Å². The van der Waals surface area contributed by atoms with Crippen LogP contribution in [0.2, 0.25) is 0 Å². The molecule has 1 atom stereocenters. The molecule has 28 heavy (non-hydrogen) atoms. The molecule has 1 aromatic carbocycles. The minimum atomic E-state index is -0.540. The summed E-state index contributed by atoms with van der Waals surface area (Å²) in [5, 5.41) is 10.0. The first-order chi connectivity index (χ1) is 13.5. The Balaban J connectivity index is 2.23. The van der Waals surface area contributed by atoms with Crippen LogP contribution in [0.1, 0.15) is 38.3 Å². The van der Waals surface area contributed by atoms with E-state index in [0.29, 0.717) is 33.5 Å².